The van der Waals surface area contributed by atoms with Gasteiger partial charge in [-0.15, -0.1) is 0 Å². The molecule has 0 heterocycles. The molecule has 0 heteroatoms. The summed E-state index contributed by atoms with van der Waals surface area (Å²) in [6.45, 7) is 4.50. The monoisotopic (exact) mass is 151 g/mol. The molecule has 0 saturated heterocycles. The molecule has 0 bridgehead atoms. The summed E-state index contributed by atoms with van der Waals surface area (Å²) >= 11 is 0. The van der Waals surface area contributed by atoms with Crippen molar-refractivity contribution in [2.45, 2.75) is 46.0 Å². The molecular weight excluding hydrogens is 132 g/mol. The highest BCUT2D eigenvalue weighted by atomic mass is 14.2. The second-order valence-electron chi connectivity index (χ2n) is 3.90. The summed E-state index contributed by atoms with van der Waals surface area (Å²) in [6, 6.07) is 0. The highest BCUT2D eigenvalue weighted by molar-refractivity contribution is 4.90. The predicted molar refractivity (Wildman–Crippen MR) is 50.3 cm³/mol. The zero-order valence-corrected chi connectivity index (χ0v) is 7.77. The number of rotatable bonds is 2. The van der Waals surface area contributed by atoms with Crippen LogP contribution in [0.3, 0.4) is 0 Å². The normalized spacial score (nSPS) is 20.6. The summed E-state index contributed by atoms with van der Waals surface area (Å²) in [5.41, 5.74) is 0. The maximum Gasteiger partial charge on any atom is -0.0300 e. The lowest BCUT2D eigenvalue weighted by Gasteiger charge is -2.15. The van der Waals surface area contributed by atoms with Crippen LogP contribution >= 0.6 is 0 Å². The largest absolute Gasteiger partial charge is 0.0885 e. The van der Waals surface area contributed by atoms with Gasteiger partial charge in [-0.25, -0.2) is 0 Å². The van der Waals surface area contributed by atoms with Crippen molar-refractivity contribution in [2.24, 2.45) is 5.92 Å². The fourth-order valence-corrected chi connectivity index (χ4v) is 1.83. The summed E-state index contributed by atoms with van der Waals surface area (Å²) in [4.78, 5) is 0. The zero-order valence-electron chi connectivity index (χ0n) is 7.77. The van der Waals surface area contributed by atoms with Crippen LogP contribution in [0.2, 0.25) is 0 Å². The average molecular weight is 151 g/mol. The fourth-order valence-electron chi connectivity index (χ4n) is 1.83. The predicted octanol–water partition coefficient (Wildman–Crippen LogP) is 3.74. The molecule has 1 aliphatic carbocycles. The molecule has 63 valence electrons. The van der Waals surface area contributed by atoms with Crippen LogP contribution < -0.4 is 0 Å². The van der Waals surface area contributed by atoms with Gasteiger partial charge in [0.2, 0.25) is 0 Å². The maximum absolute atomic E-state index is 2.34. The summed E-state index contributed by atoms with van der Waals surface area (Å²) in [5, 5.41) is 0. The Bertz CT molecular complexity index is 112. The van der Waals surface area contributed by atoms with Gasteiger partial charge in [0.05, 0.1) is 0 Å². The first-order valence-corrected chi connectivity index (χ1v) is 4.73. The van der Waals surface area contributed by atoms with E-state index in [2.05, 4.69) is 26.0 Å². The molecule has 0 N–H and O–H groups in total. The van der Waals surface area contributed by atoms with E-state index < -0.39 is 0 Å². The van der Waals surface area contributed by atoms with Crippen LogP contribution in [-0.2, 0) is 0 Å². The van der Waals surface area contributed by atoms with Gasteiger partial charge in [-0.2, -0.15) is 0 Å². The van der Waals surface area contributed by atoms with Gasteiger partial charge in [0.25, 0.3) is 0 Å². The first kappa shape index (κ1) is 8.83. The first-order chi connectivity index (χ1) is 5.29. The molecule has 0 aromatic rings. The molecule has 0 aromatic carbocycles. The highest BCUT2D eigenvalue weighted by Crippen LogP contribution is 2.25. The van der Waals surface area contributed by atoms with E-state index in [9.17, 15) is 0 Å². The Kier molecular flexibility index (Phi) is 3.68. The maximum atomic E-state index is 2.34. The van der Waals surface area contributed by atoms with Crippen LogP contribution in [-0.4, -0.2) is 0 Å². The van der Waals surface area contributed by atoms with Gasteiger partial charge in [0.15, 0.2) is 0 Å². The highest BCUT2D eigenvalue weighted by Gasteiger charge is 2.10. The Morgan fingerprint density at radius 2 is 1.73 bits per heavy atom. The summed E-state index contributed by atoms with van der Waals surface area (Å²) in [6.07, 6.45) is 11.4. The van der Waals surface area contributed by atoms with E-state index in [4.69, 9.17) is 0 Å². The van der Waals surface area contributed by atoms with E-state index in [0.717, 1.165) is 5.92 Å². The van der Waals surface area contributed by atoms with Crippen LogP contribution in [0, 0.1) is 11.8 Å². The van der Waals surface area contributed by atoms with E-state index in [-0.39, 0.29) is 0 Å². The second-order valence-corrected chi connectivity index (χ2v) is 3.90. The molecular formula is C11H19. The Hall–Kier alpha value is -0.260. The Labute approximate surface area is 70.7 Å². The molecule has 0 aromatic heterocycles. The van der Waals surface area contributed by atoms with Gasteiger partial charge in [0.1, 0.15) is 0 Å². The van der Waals surface area contributed by atoms with Crippen molar-refractivity contribution in [1.82, 2.24) is 0 Å². The lowest BCUT2D eigenvalue weighted by molar-refractivity contribution is 0.444. The quantitative estimate of drug-likeness (QED) is 0.527. The van der Waals surface area contributed by atoms with Gasteiger partial charge in [-0.05, 0) is 43.9 Å². The minimum absolute atomic E-state index is 0.968. The number of hydrogen-bond acceptors (Lipinski definition) is 0. The number of hydrogen-bond donors (Lipinski definition) is 0. The van der Waals surface area contributed by atoms with Crippen molar-refractivity contribution in [1.29, 1.82) is 0 Å². The molecule has 1 radical (unpaired) electrons. The zero-order chi connectivity index (χ0) is 8.10. The lowest BCUT2D eigenvalue weighted by atomic mass is 9.91. The van der Waals surface area contributed by atoms with Crippen LogP contribution in [0.25, 0.3) is 0 Å². The van der Waals surface area contributed by atoms with E-state index in [1.165, 1.54) is 32.1 Å². The molecule has 0 spiro atoms. The van der Waals surface area contributed by atoms with E-state index in [1.54, 1.807) is 5.92 Å². The summed E-state index contributed by atoms with van der Waals surface area (Å²) in [5.74, 6) is 2.56. The third-order valence-electron chi connectivity index (χ3n) is 2.35. The van der Waals surface area contributed by atoms with E-state index in [1.807, 2.05) is 0 Å². The standard InChI is InChI=1S/C11H19/c1-10(2)9-11-7-5-3-4-6-8-11/h3-4,11H,5-9H2,1-2H3. The third kappa shape index (κ3) is 3.60. The molecule has 0 nitrogen and oxygen atoms in total. The molecule has 1 rings (SSSR count). The molecule has 11 heavy (non-hydrogen) atoms. The third-order valence-corrected chi connectivity index (χ3v) is 2.35. The SMILES string of the molecule is C[C](C)CC1CCC=CCC1. The van der Waals surface area contributed by atoms with Gasteiger partial charge < -0.3 is 0 Å². The van der Waals surface area contributed by atoms with Gasteiger partial charge in [0, 0.05) is 0 Å². The van der Waals surface area contributed by atoms with Crippen molar-refractivity contribution in [3.05, 3.63) is 18.1 Å². The minimum Gasteiger partial charge on any atom is -0.0885 e. The first-order valence-electron chi connectivity index (χ1n) is 4.73. The van der Waals surface area contributed by atoms with Gasteiger partial charge in [-0.3, -0.25) is 0 Å². The Morgan fingerprint density at radius 1 is 1.18 bits per heavy atom. The second kappa shape index (κ2) is 4.58. The van der Waals surface area contributed by atoms with Crippen LogP contribution in [0.4, 0.5) is 0 Å². The Morgan fingerprint density at radius 3 is 2.18 bits per heavy atom. The fraction of sp³-hybridized carbons (Fsp3) is 0.727. The van der Waals surface area contributed by atoms with Crippen LogP contribution in [0.15, 0.2) is 12.2 Å². The number of allylic oxidation sites excluding steroid dienone is 2. The average Bonchev–Trinajstić information content (AvgIpc) is 2.14. The van der Waals surface area contributed by atoms with Crippen LogP contribution in [0.1, 0.15) is 46.0 Å². The summed E-state index contributed by atoms with van der Waals surface area (Å²) < 4.78 is 0. The molecule has 0 amide bonds. The molecule has 1 aliphatic rings. The van der Waals surface area contributed by atoms with E-state index in [0.29, 0.717) is 0 Å². The minimum atomic E-state index is 0.968. The molecule has 0 atom stereocenters. The summed E-state index contributed by atoms with van der Waals surface area (Å²) in [7, 11) is 0. The molecule has 0 unspecified atom stereocenters. The smallest absolute Gasteiger partial charge is 0.0300 e. The van der Waals surface area contributed by atoms with Crippen molar-refractivity contribution in [3.63, 3.8) is 0 Å². The topological polar surface area (TPSA) is 0 Å². The van der Waals surface area contributed by atoms with Crippen LogP contribution in [0.5, 0.6) is 0 Å². The van der Waals surface area contributed by atoms with Crippen molar-refractivity contribution >= 4 is 0 Å². The molecule has 0 fully saturated rings. The molecule has 0 aliphatic heterocycles. The van der Waals surface area contributed by atoms with Crippen molar-refractivity contribution in [2.75, 3.05) is 0 Å². The van der Waals surface area contributed by atoms with E-state index >= 15 is 0 Å². The molecule has 0 saturated carbocycles. The van der Waals surface area contributed by atoms with Crippen molar-refractivity contribution < 1.29 is 0 Å². The van der Waals surface area contributed by atoms with Gasteiger partial charge >= 0.3 is 0 Å². The van der Waals surface area contributed by atoms with Gasteiger partial charge in [-0.1, -0.05) is 26.0 Å². The lowest BCUT2D eigenvalue weighted by Crippen LogP contribution is -2.01. The Balaban J connectivity index is 2.23. The van der Waals surface area contributed by atoms with Crippen molar-refractivity contribution in [3.8, 4) is 0 Å².